The molecule has 0 radical (unpaired) electrons. The van der Waals surface area contributed by atoms with Crippen molar-refractivity contribution in [3.05, 3.63) is 63.9 Å². The molecule has 0 heterocycles. The summed E-state index contributed by atoms with van der Waals surface area (Å²) in [5.74, 6) is 0.385. The molecule has 18 heavy (non-hydrogen) atoms. The molecule has 0 saturated heterocycles. The second-order valence-corrected chi connectivity index (χ2v) is 5.54. The molecule has 0 aliphatic rings. The Morgan fingerprint density at radius 2 is 1.83 bits per heavy atom. The number of hydrogen-bond acceptors (Lipinski definition) is 1. The van der Waals surface area contributed by atoms with E-state index < -0.39 is 0 Å². The molecular weight excluding hydrogens is 363 g/mol. The van der Waals surface area contributed by atoms with Crippen molar-refractivity contribution in [2.45, 2.75) is 4.83 Å². The summed E-state index contributed by atoms with van der Waals surface area (Å²) in [6.07, 6.45) is 0. The van der Waals surface area contributed by atoms with E-state index in [1.54, 1.807) is 13.2 Å². The quantitative estimate of drug-likeness (QED) is 0.681. The number of ether oxygens (including phenoxy) is 1. The molecule has 1 atom stereocenters. The standard InChI is InChI=1S/C14H11Br2FO/c1-18-13-7-6-9(17)8-11(13)14(16)10-4-2-3-5-12(10)15/h2-8,14H,1H3. The van der Waals surface area contributed by atoms with Gasteiger partial charge in [-0.05, 0) is 29.8 Å². The summed E-state index contributed by atoms with van der Waals surface area (Å²) < 4.78 is 19.6. The van der Waals surface area contributed by atoms with E-state index in [1.807, 2.05) is 24.3 Å². The number of methoxy groups -OCH3 is 1. The fourth-order valence-corrected chi connectivity index (χ4v) is 3.33. The molecule has 94 valence electrons. The van der Waals surface area contributed by atoms with E-state index in [0.29, 0.717) is 5.75 Å². The van der Waals surface area contributed by atoms with E-state index in [2.05, 4.69) is 31.9 Å². The van der Waals surface area contributed by atoms with Crippen molar-refractivity contribution < 1.29 is 9.13 Å². The maximum atomic E-state index is 13.4. The Morgan fingerprint density at radius 3 is 2.50 bits per heavy atom. The topological polar surface area (TPSA) is 9.23 Å². The second-order valence-electron chi connectivity index (χ2n) is 3.77. The first kappa shape index (κ1) is 13.6. The molecule has 0 spiro atoms. The minimum absolute atomic E-state index is 0.126. The summed E-state index contributed by atoms with van der Waals surface area (Å²) in [6.45, 7) is 0. The van der Waals surface area contributed by atoms with Gasteiger partial charge in [0.05, 0.1) is 11.9 Å². The molecule has 0 aliphatic heterocycles. The van der Waals surface area contributed by atoms with Crippen LogP contribution in [0.25, 0.3) is 0 Å². The minimum Gasteiger partial charge on any atom is -0.496 e. The molecule has 0 bridgehead atoms. The first-order valence-electron chi connectivity index (χ1n) is 5.35. The Morgan fingerprint density at radius 1 is 1.11 bits per heavy atom. The van der Waals surface area contributed by atoms with Gasteiger partial charge in [-0.3, -0.25) is 0 Å². The van der Waals surface area contributed by atoms with Gasteiger partial charge in [-0.2, -0.15) is 0 Å². The van der Waals surface area contributed by atoms with Crippen molar-refractivity contribution in [2.24, 2.45) is 0 Å². The van der Waals surface area contributed by atoms with Crippen LogP contribution in [0.1, 0.15) is 16.0 Å². The van der Waals surface area contributed by atoms with Crippen LogP contribution in [0, 0.1) is 5.82 Å². The van der Waals surface area contributed by atoms with Crippen LogP contribution in [-0.2, 0) is 0 Å². The molecule has 0 aliphatic carbocycles. The number of benzene rings is 2. The van der Waals surface area contributed by atoms with Crippen LogP contribution in [0.15, 0.2) is 46.9 Å². The summed E-state index contributed by atoms with van der Waals surface area (Å²) in [6, 6.07) is 12.3. The lowest BCUT2D eigenvalue weighted by molar-refractivity contribution is 0.409. The molecule has 0 N–H and O–H groups in total. The molecule has 0 fully saturated rings. The van der Waals surface area contributed by atoms with Crippen LogP contribution in [-0.4, -0.2) is 7.11 Å². The van der Waals surface area contributed by atoms with Gasteiger partial charge in [0.25, 0.3) is 0 Å². The number of hydrogen-bond donors (Lipinski definition) is 0. The van der Waals surface area contributed by atoms with Crippen LogP contribution in [0.3, 0.4) is 0 Å². The van der Waals surface area contributed by atoms with E-state index in [9.17, 15) is 4.39 Å². The van der Waals surface area contributed by atoms with Gasteiger partial charge in [0, 0.05) is 10.0 Å². The zero-order chi connectivity index (χ0) is 13.1. The average molecular weight is 374 g/mol. The van der Waals surface area contributed by atoms with E-state index in [-0.39, 0.29) is 10.6 Å². The summed E-state index contributed by atoms with van der Waals surface area (Å²) in [7, 11) is 1.58. The number of halogens is 3. The fraction of sp³-hybridized carbons (Fsp3) is 0.143. The molecule has 0 aromatic heterocycles. The maximum Gasteiger partial charge on any atom is 0.123 e. The van der Waals surface area contributed by atoms with Crippen molar-refractivity contribution in [1.29, 1.82) is 0 Å². The van der Waals surface area contributed by atoms with Gasteiger partial charge in [-0.15, -0.1) is 0 Å². The van der Waals surface area contributed by atoms with E-state index in [4.69, 9.17) is 4.74 Å². The van der Waals surface area contributed by atoms with Gasteiger partial charge in [0.2, 0.25) is 0 Å². The Balaban J connectivity index is 2.48. The van der Waals surface area contributed by atoms with Crippen LogP contribution >= 0.6 is 31.9 Å². The highest BCUT2D eigenvalue weighted by atomic mass is 79.9. The molecule has 2 aromatic carbocycles. The Labute approximate surface area is 122 Å². The highest BCUT2D eigenvalue weighted by Crippen LogP contribution is 2.39. The van der Waals surface area contributed by atoms with Crippen LogP contribution < -0.4 is 4.74 Å². The third kappa shape index (κ3) is 2.75. The van der Waals surface area contributed by atoms with Gasteiger partial charge >= 0.3 is 0 Å². The molecule has 1 nitrogen and oxygen atoms in total. The Kier molecular flexibility index (Phi) is 4.40. The van der Waals surface area contributed by atoms with Crippen molar-refractivity contribution in [2.75, 3.05) is 7.11 Å². The van der Waals surface area contributed by atoms with Gasteiger partial charge < -0.3 is 4.74 Å². The summed E-state index contributed by atoms with van der Waals surface area (Å²) in [5.41, 5.74) is 1.80. The molecule has 0 amide bonds. The van der Waals surface area contributed by atoms with Gasteiger partial charge in [-0.1, -0.05) is 50.1 Å². The first-order valence-corrected chi connectivity index (χ1v) is 7.06. The van der Waals surface area contributed by atoms with E-state index in [1.165, 1.54) is 12.1 Å². The predicted octanol–water partition coefficient (Wildman–Crippen LogP) is 5.08. The lowest BCUT2D eigenvalue weighted by Crippen LogP contribution is -1.98. The monoisotopic (exact) mass is 372 g/mol. The SMILES string of the molecule is COc1ccc(F)cc1C(Br)c1ccccc1Br. The largest absolute Gasteiger partial charge is 0.496 e. The molecule has 2 aromatic rings. The van der Waals surface area contributed by atoms with E-state index in [0.717, 1.165) is 15.6 Å². The fourth-order valence-electron chi connectivity index (χ4n) is 1.75. The summed E-state index contributed by atoms with van der Waals surface area (Å²) in [5, 5.41) is 0. The van der Waals surface area contributed by atoms with Gasteiger partial charge in [-0.25, -0.2) is 4.39 Å². The average Bonchev–Trinajstić information content (AvgIpc) is 2.38. The Bertz CT molecular complexity index is 557. The summed E-state index contributed by atoms with van der Waals surface area (Å²) >= 11 is 7.09. The third-order valence-electron chi connectivity index (χ3n) is 2.64. The van der Waals surface area contributed by atoms with E-state index >= 15 is 0 Å². The molecular formula is C14H11Br2FO. The number of alkyl halides is 1. The van der Waals surface area contributed by atoms with Crippen molar-refractivity contribution in [3.63, 3.8) is 0 Å². The van der Waals surface area contributed by atoms with Crippen LogP contribution in [0.5, 0.6) is 5.75 Å². The zero-order valence-electron chi connectivity index (χ0n) is 9.66. The molecule has 4 heteroatoms. The maximum absolute atomic E-state index is 13.4. The van der Waals surface area contributed by atoms with Crippen LogP contribution in [0.4, 0.5) is 4.39 Å². The first-order chi connectivity index (χ1) is 8.63. The lowest BCUT2D eigenvalue weighted by atomic mass is 10.0. The smallest absolute Gasteiger partial charge is 0.123 e. The number of rotatable bonds is 3. The minimum atomic E-state index is -0.276. The van der Waals surface area contributed by atoms with Crippen molar-refractivity contribution >= 4 is 31.9 Å². The van der Waals surface area contributed by atoms with Crippen molar-refractivity contribution in [3.8, 4) is 5.75 Å². The summed E-state index contributed by atoms with van der Waals surface area (Å²) in [4.78, 5) is -0.126. The zero-order valence-corrected chi connectivity index (χ0v) is 12.8. The predicted molar refractivity (Wildman–Crippen MR) is 77.9 cm³/mol. The van der Waals surface area contributed by atoms with Gasteiger partial charge in [0.15, 0.2) is 0 Å². The van der Waals surface area contributed by atoms with Gasteiger partial charge in [0.1, 0.15) is 11.6 Å². The lowest BCUT2D eigenvalue weighted by Gasteiger charge is -2.16. The van der Waals surface area contributed by atoms with Crippen molar-refractivity contribution in [1.82, 2.24) is 0 Å². The molecule has 0 saturated carbocycles. The highest BCUT2D eigenvalue weighted by molar-refractivity contribution is 9.11. The molecule has 2 rings (SSSR count). The Hall–Kier alpha value is -0.870. The molecule has 1 unspecified atom stereocenters. The normalized spacial score (nSPS) is 12.2. The third-order valence-corrected chi connectivity index (χ3v) is 4.35. The highest BCUT2D eigenvalue weighted by Gasteiger charge is 2.18. The van der Waals surface area contributed by atoms with Crippen LogP contribution in [0.2, 0.25) is 0 Å². The second kappa shape index (κ2) is 5.85.